The number of nitrogens with one attached hydrogen (secondary N) is 5. The summed E-state index contributed by atoms with van der Waals surface area (Å²) in [6.45, 7) is 14.4. The van der Waals surface area contributed by atoms with E-state index < -0.39 is 66.1 Å². The van der Waals surface area contributed by atoms with Gasteiger partial charge >= 0.3 is 5.97 Å². The monoisotopic (exact) mass is 1090 g/mol. The van der Waals surface area contributed by atoms with Crippen molar-refractivity contribution in [2.75, 3.05) is 53.8 Å². The summed E-state index contributed by atoms with van der Waals surface area (Å²) in [7, 11) is 8.44. The maximum absolute atomic E-state index is 14.5. The van der Waals surface area contributed by atoms with Crippen molar-refractivity contribution in [2.45, 2.75) is 175 Å². The van der Waals surface area contributed by atoms with E-state index in [1.54, 1.807) is 48.0 Å². The minimum atomic E-state index is -1.04. The number of carboxylic acids is 1. The Morgan fingerprint density at radius 3 is 2.00 bits per heavy atom. The molecule has 20 nitrogen and oxygen atoms in total. The number of rotatable bonds is 35. The smallest absolute Gasteiger partial charge is 0.303 e. The van der Waals surface area contributed by atoms with Crippen LogP contribution in [0.1, 0.15) is 130 Å². The van der Waals surface area contributed by atoms with Gasteiger partial charge in [0.05, 0.1) is 49.3 Å². The zero-order valence-corrected chi connectivity index (χ0v) is 48.4. The zero-order valence-electron chi connectivity index (χ0n) is 48.4. The molecule has 1 fully saturated rings. The Hall–Kier alpha value is -5.96. The fourth-order valence-corrected chi connectivity index (χ4v) is 10.2. The summed E-state index contributed by atoms with van der Waals surface area (Å²) in [5, 5.41) is 20.3. The Kier molecular flexibility index (Phi) is 29.0. The van der Waals surface area contributed by atoms with Crippen LogP contribution in [0.25, 0.3) is 0 Å². The van der Waals surface area contributed by atoms with Gasteiger partial charge in [-0.3, -0.25) is 48.1 Å². The number of unbranched alkanes of at least 4 members (excludes halogenated alkanes) is 2. The van der Waals surface area contributed by atoms with Crippen molar-refractivity contribution in [2.24, 2.45) is 23.7 Å². The molecule has 1 unspecified atom stereocenters. The first kappa shape index (κ1) is 66.3. The molecule has 0 saturated carbocycles. The highest BCUT2D eigenvalue weighted by Gasteiger charge is 2.43. The Morgan fingerprint density at radius 1 is 0.744 bits per heavy atom. The topological polar surface area (TPSA) is 254 Å². The standard InChI is InChI=1S/C58H92N8O12/c1-13-39(6)53(65(10)58(75)51(37(2)3)62-57(74)52(38(4)5)64(8)9)46(76-11)35-49(69)66-33-21-24-45(66)54(77-12)40(7)55(72)61-44(34-41-22-16-14-17-23-41)56(73)63-78-36-42-28-30-43(31-29-42)60-48(68)25-18-15-19-32-59-47(67)26-20-27-50(70)71/h14,16-17,22-23,28-31,37-40,44-46,51-54H,13,15,18-21,24-27,32-36H2,1-12H3,(H,59,67)(H,60,68)(H,61,72)(H,62,74)(H,63,73)(H,70,71)/t39-,40+,44-,45-,46+,51-,52?,53-,54+/m0/s1. The van der Waals surface area contributed by atoms with Crippen molar-refractivity contribution < 1.29 is 57.8 Å². The average molecular weight is 1090 g/mol. The molecule has 3 rings (SSSR count). The Bertz CT molecular complexity index is 2200. The van der Waals surface area contributed by atoms with Crippen molar-refractivity contribution in [1.29, 1.82) is 0 Å². The molecular weight excluding hydrogens is 1000 g/mol. The number of carbonyl (C=O) groups is 8. The number of hydroxylamine groups is 1. The SMILES string of the molecule is CC[C@H](C)[C@@H]([C@@H](CC(=O)N1CCC[C@H]1[C@H](OC)[C@@H](C)C(=O)N[C@@H](Cc1ccccc1)C(=O)NOCc1ccc(NC(=O)CCCCCNC(=O)CCCC(=O)O)cc1)OC)N(C)C(=O)[C@@H](NC(=O)C(C(C)C)N(C)C)C(C)C. The number of carbonyl (C=O) groups excluding carboxylic acids is 7. The van der Waals surface area contributed by atoms with Gasteiger partial charge in [-0.2, -0.15) is 0 Å². The number of nitrogens with zero attached hydrogens (tertiary/aromatic N) is 3. The van der Waals surface area contributed by atoms with Gasteiger partial charge in [0, 0.05) is 65.7 Å². The first-order valence-corrected chi connectivity index (χ1v) is 27.8. The molecule has 7 amide bonds. The highest BCUT2D eigenvalue weighted by molar-refractivity contribution is 5.91. The van der Waals surface area contributed by atoms with Crippen molar-refractivity contribution in [1.82, 2.24) is 36.1 Å². The number of methoxy groups -OCH3 is 2. The van der Waals surface area contributed by atoms with Crippen LogP contribution in [0.15, 0.2) is 54.6 Å². The number of likely N-dealkylation sites (tertiary alicyclic amines) is 1. The predicted molar refractivity (Wildman–Crippen MR) is 298 cm³/mol. The van der Waals surface area contributed by atoms with E-state index in [-0.39, 0.29) is 79.6 Å². The summed E-state index contributed by atoms with van der Waals surface area (Å²) in [6.07, 6.45) is 3.41. The fraction of sp³-hybridized carbons (Fsp3) is 0.655. The van der Waals surface area contributed by atoms with Crippen LogP contribution in [0.2, 0.25) is 0 Å². The quantitative estimate of drug-likeness (QED) is 0.0370. The van der Waals surface area contributed by atoms with Crippen LogP contribution in [0.5, 0.6) is 0 Å². The van der Waals surface area contributed by atoms with Crippen molar-refractivity contribution in [3.63, 3.8) is 0 Å². The van der Waals surface area contributed by atoms with Crippen molar-refractivity contribution in [3.05, 3.63) is 65.7 Å². The van der Waals surface area contributed by atoms with Gasteiger partial charge < -0.3 is 45.6 Å². The summed E-state index contributed by atoms with van der Waals surface area (Å²) in [4.78, 5) is 116. The average Bonchev–Trinajstić information content (AvgIpc) is 3.88. The molecule has 0 aromatic heterocycles. The number of carboxylic acid groups (broad SMARTS) is 1. The van der Waals surface area contributed by atoms with E-state index in [1.807, 2.05) is 90.9 Å². The van der Waals surface area contributed by atoms with Crippen LogP contribution in [-0.4, -0.2) is 158 Å². The summed E-state index contributed by atoms with van der Waals surface area (Å²) in [5.74, 6) is -4.09. The molecule has 2 aromatic rings. The fourth-order valence-electron chi connectivity index (χ4n) is 10.2. The van der Waals surface area contributed by atoms with Gasteiger partial charge in [0.25, 0.3) is 5.91 Å². The van der Waals surface area contributed by atoms with Crippen LogP contribution in [0.4, 0.5) is 5.69 Å². The van der Waals surface area contributed by atoms with Crippen LogP contribution >= 0.6 is 0 Å². The first-order chi connectivity index (χ1) is 37.0. The van der Waals surface area contributed by atoms with E-state index in [4.69, 9.17) is 19.4 Å². The lowest BCUT2D eigenvalue weighted by Crippen LogP contribution is -2.59. The van der Waals surface area contributed by atoms with Crippen molar-refractivity contribution >= 4 is 53.0 Å². The molecule has 6 N–H and O–H groups in total. The Morgan fingerprint density at radius 2 is 1.41 bits per heavy atom. The number of aliphatic carboxylic acids is 1. The summed E-state index contributed by atoms with van der Waals surface area (Å²) < 4.78 is 12.1. The van der Waals surface area contributed by atoms with E-state index >= 15 is 0 Å². The molecule has 0 spiro atoms. The molecule has 1 aliphatic rings. The second-order valence-corrected chi connectivity index (χ2v) is 21.6. The van der Waals surface area contributed by atoms with Gasteiger partial charge in [0.15, 0.2) is 0 Å². The normalized spacial score (nSPS) is 16.6. The highest BCUT2D eigenvalue weighted by atomic mass is 16.7. The summed E-state index contributed by atoms with van der Waals surface area (Å²) in [6, 6.07) is 13.0. The van der Waals surface area contributed by atoms with Gasteiger partial charge in [-0.25, -0.2) is 5.48 Å². The lowest BCUT2D eigenvalue weighted by molar-refractivity contribution is -0.148. The first-order valence-electron chi connectivity index (χ1n) is 27.8. The van der Waals surface area contributed by atoms with Gasteiger partial charge in [0.2, 0.25) is 35.4 Å². The zero-order chi connectivity index (χ0) is 58.1. The molecule has 2 aromatic carbocycles. The minimum absolute atomic E-state index is 0.00303. The molecule has 436 valence electrons. The molecule has 1 heterocycles. The predicted octanol–water partition coefficient (Wildman–Crippen LogP) is 5.48. The van der Waals surface area contributed by atoms with Crippen LogP contribution in [0.3, 0.4) is 0 Å². The van der Waals surface area contributed by atoms with Gasteiger partial charge in [-0.15, -0.1) is 0 Å². The lowest BCUT2D eigenvalue weighted by atomic mass is 9.89. The second-order valence-electron chi connectivity index (χ2n) is 21.6. The van der Waals surface area contributed by atoms with Crippen LogP contribution in [-0.2, 0) is 65.7 Å². The number of amides is 7. The van der Waals surface area contributed by atoms with E-state index in [0.29, 0.717) is 69.3 Å². The largest absolute Gasteiger partial charge is 0.481 e. The lowest BCUT2D eigenvalue weighted by Gasteiger charge is -2.41. The molecule has 78 heavy (non-hydrogen) atoms. The van der Waals surface area contributed by atoms with E-state index in [9.17, 15) is 38.4 Å². The second kappa shape index (κ2) is 34.1. The molecular formula is C58H92N8O12. The number of likely N-dealkylation sites (N-methyl/N-ethyl adjacent to an activating group) is 2. The Labute approximate surface area is 463 Å². The van der Waals surface area contributed by atoms with Crippen LogP contribution in [0, 0.1) is 23.7 Å². The molecule has 0 radical (unpaired) electrons. The number of hydrogen-bond acceptors (Lipinski definition) is 12. The maximum Gasteiger partial charge on any atom is 0.303 e. The molecule has 9 atom stereocenters. The highest BCUT2D eigenvalue weighted by Crippen LogP contribution is 2.30. The Balaban J connectivity index is 1.64. The molecule has 20 heteroatoms. The van der Waals surface area contributed by atoms with Crippen molar-refractivity contribution in [3.8, 4) is 0 Å². The number of anilines is 1. The third-order valence-corrected chi connectivity index (χ3v) is 14.7. The number of benzene rings is 2. The summed E-state index contributed by atoms with van der Waals surface area (Å²) in [5.41, 5.74) is 4.61. The molecule has 0 aliphatic carbocycles. The molecule has 1 saturated heterocycles. The van der Waals surface area contributed by atoms with E-state index in [2.05, 4.69) is 26.7 Å². The van der Waals surface area contributed by atoms with Crippen LogP contribution < -0.4 is 26.7 Å². The third-order valence-electron chi connectivity index (χ3n) is 14.7. The van der Waals surface area contributed by atoms with E-state index in [1.165, 1.54) is 14.2 Å². The minimum Gasteiger partial charge on any atom is -0.481 e. The van der Waals surface area contributed by atoms with E-state index in [0.717, 1.165) is 12.0 Å². The molecule has 0 bridgehead atoms. The third kappa shape index (κ3) is 21.4. The number of hydrogen-bond donors (Lipinski definition) is 6. The summed E-state index contributed by atoms with van der Waals surface area (Å²) >= 11 is 0. The number of ether oxygens (including phenoxy) is 2. The van der Waals surface area contributed by atoms with Gasteiger partial charge in [-0.1, -0.05) is 104 Å². The maximum atomic E-state index is 14.5. The van der Waals surface area contributed by atoms with Gasteiger partial charge in [-0.05, 0) is 87.2 Å². The van der Waals surface area contributed by atoms with Gasteiger partial charge in [0.1, 0.15) is 12.1 Å². The molecule has 1 aliphatic heterocycles.